The van der Waals surface area contributed by atoms with E-state index < -0.39 is 11.7 Å². The fraction of sp³-hybridized carbons (Fsp3) is 0.136. The van der Waals surface area contributed by atoms with Crippen LogP contribution in [0.4, 0.5) is 15.8 Å². The third-order valence-corrected chi connectivity index (χ3v) is 4.21. The zero-order valence-electron chi connectivity index (χ0n) is 15.6. The topological polar surface area (TPSA) is 71.1 Å². The van der Waals surface area contributed by atoms with Gasteiger partial charge in [0.05, 0.1) is 5.69 Å². The highest BCUT2D eigenvalue weighted by molar-refractivity contribution is 6.08. The van der Waals surface area contributed by atoms with Crippen LogP contribution in [0.25, 0.3) is 0 Å². The van der Waals surface area contributed by atoms with Gasteiger partial charge in [0.1, 0.15) is 11.5 Å². The lowest BCUT2D eigenvalue weighted by Crippen LogP contribution is -2.18. The second kappa shape index (κ2) is 8.43. The van der Waals surface area contributed by atoms with E-state index in [1.54, 1.807) is 6.07 Å². The van der Waals surface area contributed by atoms with Crippen LogP contribution in [0.3, 0.4) is 0 Å². The number of para-hydroxylation sites is 2. The molecule has 142 valence electrons. The number of halogens is 1. The maximum absolute atomic E-state index is 13.7. The number of rotatable bonds is 5. The molecule has 0 bridgehead atoms. The summed E-state index contributed by atoms with van der Waals surface area (Å²) < 4.78 is 13.7. The molecule has 2 N–H and O–H groups in total. The average molecular weight is 377 g/mol. The number of benzene rings is 2. The predicted molar refractivity (Wildman–Crippen MR) is 107 cm³/mol. The molecule has 0 fully saturated rings. The standard InChI is InChI=1S/C22H20FN3O2/c1-14(2)16-7-3-5-9-18(16)25-21(27)15-11-12-24-20(13-15)22(28)26-19-10-6-4-8-17(19)23/h3-14H,1-2H3,(H,25,27)(H,26,28). The minimum Gasteiger partial charge on any atom is -0.322 e. The van der Waals surface area contributed by atoms with Crippen molar-refractivity contribution in [2.75, 3.05) is 10.6 Å². The molecule has 0 aliphatic carbocycles. The van der Waals surface area contributed by atoms with E-state index in [1.165, 1.54) is 36.5 Å². The van der Waals surface area contributed by atoms with Crippen molar-refractivity contribution in [2.45, 2.75) is 19.8 Å². The van der Waals surface area contributed by atoms with Crippen molar-refractivity contribution in [1.29, 1.82) is 0 Å². The smallest absolute Gasteiger partial charge is 0.274 e. The highest BCUT2D eigenvalue weighted by Crippen LogP contribution is 2.24. The lowest BCUT2D eigenvalue weighted by molar-refractivity contribution is 0.102. The van der Waals surface area contributed by atoms with Gasteiger partial charge in [-0.15, -0.1) is 0 Å². The molecule has 0 radical (unpaired) electrons. The molecule has 0 aliphatic heterocycles. The second-order valence-corrected chi connectivity index (χ2v) is 6.56. The molecule has 1 heterocycles. The quantitative estimate of drug-likeness (QED) is 0.668. The first-order valence-corrected chi connectivity index (χ1v) is 8.88. The molecule has 0 saturated carbocycles. The normalized spacial score (nSPS) is 10.6. The van der Waals surface area contributed by atoms with Crippen LogP contribution in [-0.4, -0.2) is 16.8 Å². The summed E-state index contributed by atoms with van der Waals surface area (Å²) in [5, 5.41) is 5.33. The number of aromatic nitrogens is 1. The van der Waals surface area contributed by atoms with Gasteiger partial charge < -0.3 is 10.6 Å². The summed E-state index contributed by atoms with van der Waals surface area (Å²) >= 11 is 0. The van der Waals surface area contributed by atoms with Gasteiger partial charge in [-0.3, -0.25) is 14.6 Å². The van der Waals surface area contributed by atoms with E-state index in [1.807, 2.05) is 38.1 Å². The summed E-state index contributed by atoms with van der Waals surface area (Å²) in [6.45, 7) is 4.09. The zero-order chi connectivity index (χ0) is 20.1. The summed E-state index contributed by atoms with van der Waals surface area (Å²) in [5.41, 5.74) is 2.09. The fourth-order valence-corrected chi connectivity index (χ4v) is 2.75. The Morgan fingerprint density at radius 1 is 0.893 bits per heavy atom. The second-order valence-electron chi connectivity index (χ2n) is 6.56. The molecule has 0 unspecified atom stereocenters. The Labute approximate surface area is 162 Å². The minimum absolute atomic E-state index is 0.0213. The van der Waals surface area contributed by atoms with Gasteiger partial charge in [0.25, 0.3) is 11.8 Å². The van der Waals surface area contributed by atoms with E-state index in [4.69, 9.17) is 0 Å². The molecule has 0 atom stereocenters. The van der Waals surface area contributed by atoms with Gasteiger partial charge in [-0.05, 0) is 41.8 Å². The Morgan fingerprint density at radius 2 is 1.54 bits per heavy atom. The van der Waals surface area contributed by atoms with Gasteiger partial charge >= 0.3 is 0 Å². The third-order valence-electron chi connectivity index (χ3n) is 4.21. The Balaban J connectivity index is 1.78. The van der Waals surface area contributed by atoms with Crippen LogP contribution >= 0.6 is 0 Å². The average Bonchev–Trinajstić information content (AvgIpc) is 2.70. The van der Waals surface area contributed by atoms with Gasteiger partial charge in [0.2, 0.25) is 0 Å². The molecule has 1 aromatic heterocycles. The van der Waals surface area contributed by atoms with Crippen molar-refractivity contribution in [2.24, 2.45) is 0 Å². The van der Waals surface area contributed by atoms with E-state index in [2.05, 4.69) is 15.6 Å². The molecule has 2 aromatic carbocycles. The molecule has 6 heteroatoms. The van der Waals surface area contributed by atoms with E-state index in [0.717, 1.165) is 11.3 Å². The van der Waals surface area contributed by atoms with Crippen LogP contribution < -0.4 is 10.6 Å². The Morgan fingerprint density at radius 3 is 2.25 bits per heavy atom. The van der Waals surface area contributed by atoms with E-state index >= 15 is 0 Å². The molecule has 5 nitrogen and oxygen atoms in total. The highest BCUT2D eigenvalue weighted by Gasteiger charge is 2.15. The van der Waals surface area contributed by atoms with Crippen molar-refractivity contribution < 1.29 is 14.0 Å². The van der Waals surface area contributed by atoms with Crippen LogP contribution in [0.5, 0.6) is 0 Å². The summed E-state index contributed by atoms with van der Waals surface area (Å²) in [5.74, 6) is -1.25. The Bertz CT molecular complexity index is 1020. The van der Waals surface area contributed by atoms with Gasteiger partial charge in [-0.25, -0.2) is 4.39 Å². The molecule has 0 aliphatic rings. The molecule has 2 amide bonds. The number of amides is 2. The lowest BCUT2D eigenvalue weighted by atomic mass is 10.0. The van der Waals surface area contributed by atoms with E-state index in [-0.39, 0.29) is 28.8 Å². The monoisotopic (exact) mass is 377 g/mol. The molecule has 28 heavy (non-hydrogen) atoms. The van der Waals surface area contributed by atoms with Gasteiger partial charge in [-0.1, -0.05) is 44.2 Å². The SMILES string of the molecule is CC(C)c1ccccc1NC(=O)c1ccnc(C(=O)Nc2ccccc2F)c1. The number of hydrogen-bond donors (Lipinski definition) is 2. The van der Waals surface area contributed by atoms with Crippen LogP contribution in [0.15, 0.2) is 66.9 Å². The van der Waals surface area contributed by atoms with E-state index in [0.29, 0.717) is 0 Å². The maximum atomic E-state index is 13.7. The summed E-state index contributed by atoms with van der Waals surface area (Å²) in [6.07, 6.45) is 1.37. The summed E-state index contributed by atoms with van der Waals surface area (Å²) in [6, 6.07) is 16.3. The number of pyridine rings is 1. The third kappa shape index (κ3) is 4.40. The van der Waals surface area contributed by atoms with E-state index in [9.17, 15) is 14.0 Å². The number of carbonyl (C=O) groups is 2. The number of anilines is 2. The fourth-order valence-electron chi connectivity index (χ4n) is 2.75. The number of hydrogen-bond acceptors (Lipinski definition) is 3. The molecular weight excluding hydrogens is 357 g/mol. The number of nitrogens with one attached hydrogen (secondary N) is 2. The van der Waals surface area contributed by atoms with Crippen molar-refractivity contribution in [3.05, 3.63) is 89.5 Å². The molecule has 0 saturated heterocycles. The predicted octanol–water partition coefficient (Wildman–Crippen LogP) is 4.85. The molecule has 0 spiro atoms. The maximum Gasteiger partial charge on any atom is 0.274 e. The zero-order valence-corrected chi connectivity index (χ0v) is 15.6. The lowest BCUT2D eigenvalue weighted by Gasteiger charge is -2.14. The molecular formula is C22H20FN3O2. The highest BCUT2D eigenvalue weighted by atomic mass is 19.1. The van der Waals surface area contributed by atoms with Crippen LogP contribution in [0.1, 0.15) is 46.2 Å². The molecule has 3 rings (SSSR count). The van der Waals surface area contributed by atoms with Gasteiger partial charge in [0, 0.05) is 17.4 Å². The van der Waals surface area contributed by atoms with Crippen LogP contribution in [-0.2, 0) is 0 Å². The van der Waals surface area contributed by atoms with Crippen LogP contribution in [0, 0.1) is 5.82 Å². The van der Waals surface area contributed by atoms with Crippen LogP contribution in [0.2, 0.25) is 0 Å². The first-order chi connectivity index (χ1) is 13.5. The first-order valence-electron chi connectivity index (χ1n) is 8.88. The van der Waals surface area contributed by atoms with Gasteiger partial charge in [-0.2, -0.15) is 0 Å². The number of nitrogens with zero attached hydrogens (tertiary/aromatic N) is 1. The minimum atomic E-state index is -0.595. The van der Waals surface area contributed by atoms with Crippen molar-refractivity contribution in [3.63, 3.8) is 0 Å². The molecule has 3 aromatic rings. The van der Waals surface area contributed by atoms with Crippen molar-refractivity contribution in [1.82, 2.24) is 4.98 Å². The number of carbonyl (C=O) groups excluding carboxylic acids is 2. The Hall–Kier alpha value is -3.54. The first kappa shape index (κ1) is 19.2. The van der Waals surface area contributed by atoms with Crippen molar-refractivity contribution >= 4 is 23.2 Å². The summed E-state index contributed by atoms with van der Waals surface area (Å²) in [4.78, 5) is 29.0. The van der Waals surface area contributed by atoms with Gasteiger partial charge in [0.15, 0.2) is 0 Å². The summed E-state index contributed by atoms with van der Waals surface area (Å²) in [7, 11) is 0. The Kier molecular flexibility index (Phi) is 5.79. The van der Waals surface area contributed by atoms with Crippen molar-refractivity contribution in [3.8, 4) is 0 Å². The largest absolute Gasteiger partial charge is 0.322 e.